The van der Waals surface area contributed by atoms with E-state index >= 15 is 0 Å². The Balaban J connectivity index is 1.81. The van der Waals surface area contributed by atoms with E-state index in [-0.39, 0.29) is 6.10 Å². The van der Waals surface area contributed by atoms with Crippen LogP contribution in [0.25, 0.3) is 0 Å². The third-order valence-electron chi connectivity index (χ3n) is 3.88. The fourth-order valence-corrected chi connectivity index (χ4v) is 3.08. The Morgan fingerprint density at radius 3 is 2.47 bits per heavy atom. The molecular formula is C14H16O. The zero-order chi connectivity index (χ0) is 10.3. The van der Waals surface area contributed by atoms with E-state index in [1.807, 2.05) is 30.3 Å². The molecule has 0 saturated heterocycles. The molecule has 0 aromatic heterocycles. The molecule has 1 nitrogen and oxygen atoms in total. The van der Waals surface area contributed by atoms with Crippen molar-refractivity contribution in [1.82, 2.24) is 0 Å². The third kappa shape index (κ3) is 1.51. The number of allylic oxidation sites excluding steroid dienone is 2. The Bertz CT molecular complexity index is 368. The Kier molecular flexibility index (Phi) is 2.14. The van der Waals surface area contributed by atoms with Gasteiger partial charge < -0.3 is 5.11 Å². The van der Waals surface area contributed by atoms with E-state index in [0.29, 0.717) is 11.8 Å². The summed E-state index contributed by atoms with van der Waals surface area (Å²) in [4.78, 5) is 0. The van der Waals surface area contributed by atoms with Gasteiger partial charge in [-0.1, -0.05) is 42.5 Å². The molecule has 0 heterocycles. The molecule has 3 rings (SSSR count). The molecule has 0 radical (unpaired) electrons. The maximum Gasteiger partial charge on any atom is 0.0824 e. The predicted octanol–water partition coefficient (Wildman–Crippen LogP) is 2.93. The van der Waals surface area contributed by atoms with Gasteiger partial charge in [0.2, 0.25) is 0 Å². The summed E-state index contributed by atoms with van der Waals surface area (Å²) in [6.07, 6.45) is 6.77. The van der Waals surface area contributed by atoms with Crippen molar-refractivity contribution < 1.29 is 5.11 Å². The van der Waals surface area contributed by atoms with Gasteiger partial charge in [0.05, 0.1) is 6.10 Å². The average Bonchev–Trinajstić information content (AvgIpc) is 2.91. The third-order valence-corrected chi connectivity index (χ3v) is 3.88. The van der Waals surface area contributed by atoms with Crippen LogP contribution in [0.5, 0.6) is 0 Å². The van der Waals surface area contributed by atoms with Crippen molar-refractivity contribution >= 4 is 0 Å². The first-order valence-electron chi connectivity index (χ1n) is 5.76. The van der Waals surface area contributed by atoms with Crippen molar-refractivity contribution in [1.29, 1.82) is 0 Å². The van der Waals surface area contributed by atoms with Gasteiger partial charge in [-0.15, -0.1) is 0 Å². The summed E-state index contributed by atoms with van der Waals surface area (Å²) >= 11 is 0. The maximum atomic E-state index is 10.3. The molecule has 4 unspecified atom stereocenters. The number of rotatable bonds is 2. The van der Waals surface area contributed by atoms with Crippen LogP contribution in [-0.4, -0.2) is 5.11 Å². The zero-order valence-corrected chi connectivity index (χ0v) is 8.71. The van der Waals surface area contributed by atoms with Crippen LogP contribution >= 0.6 is 0 Å². The van der Waals surface area contributed by atoms with Gasteiger partial charge in [0, 0.05) is 0 Å². The second-order valence-corrected chi connectivity index (χ2v) is 4.80. The van der Waals surface area contributed by atoms with Crippen LogP contribution in [0.1, 0.15) is 24.5 Å². The molecule has 0 aliphatic heterocycles. The Morgan fingerprint density at radius 1 is 1.07 bits per heavy atom. The van der Waals surface area contributed by atoms with Crippen LogP contribution in [0.2, 0.25) is 0 Å². The van der Waals surface area contributed by atoms with Crippen LogP contribution < -0.4 is 0 Å². The van der Waals surface area contributed by atoms with Crippen molar-refractivity contribution in [3.63, 3.8) is 0 Å². The Hall–Kier alpha value is -1.08. The average molecular weight is 200 g/mol. The van der Waals surface area contributed by atoms with Gasteiger partial charge in [-0.25, -0.2) is 0 Å². The first-order chi connectivity index (χ1) is 7.34. The van der Waals surface area contributed by atoms with E-state index in [1.165, 1.54) is 6.42 Å². The highest BCUT2D eigenvalue weighted by Crippen LogP contribution is 2.48. The Labute approximate surface area is 90.4 Å². The summed E-state index contributed by atoms with van der Waals surface area (Å²) in [6, 6.07) is 10.1. The molecule has 1 saturated carbocycles. The summed E-state index contributed by atoms with van der Waals surface area (Å²) in [5.41, 5.74) is 1.07. The molecule has 2 aliphatic rings. The molecular weight excluding hydrogens is 184 g/mol. The van der Waals surface area contributed by atoms with Gasteiger partial charge in [-0.05, 0) is 36.2 Å². The van der Waals surface area contributed by atoms with Crippen LogP contribution in [-0.2, 0) is 0 Å². The topological polar surface area (TPSA) is 20.2 Å². The number of aliphatic hydroxyl groups excluding tert-OH is 1. The van der Waals surface area contributed by atoms with Crippen molar-refractivity contribution in [2.24, 2.45) is 17.8 Å². The largest absolute Gasteiger partial charge is 0.388 e. The minimum Gasteiger partial charge on any atom is -0.388 e. The molecule has 0 spiro atoms. The van der Waals surface area contributed by atoms with E-state index in [9.17, 15) is 5.11 Å². The van der Waals surface area contributed by atoms with E-state index in [2.05, 4.69) is 12.2 Å². The van der Waals surface area contributed by atoms with Crippen LogP contribution in [0.15, 0.2) is 42.5 Å². The fraction of sp³-hybridized carbons (Fsp3) is 0.429. The summed E-state index contributed by atoms with van der Waals surface area (Å²) in [7, 11) is 0. The van der Waals surface area contributed by atoms with Crippen molar-refractivity contribution in [3.8, 4) is 0 Å². The standard InChI is InChI=1S/C14H16O/c15-14(11-4-2-1-3-5-11)13-9-10-6-7-12(13)8-10/h1-7,10,12-15H,8-9H2. The quantitative estimate of drug-likeness (QED) is 0.728. The summed E-state index contributed by atoms with van der Waals surface area (Å²) in [5, 5.41) is 10.3. The molecule has 1 aromatic carbocycles. The smallest absolute Gasteiger partial charge is 0.0824 e. The summed E-state index contributed by atoms with van der Waals surface area (Å²) in [5.74, 6) is 1.80. The van der Waals surface area contributed by atoms with Gasteiger partial charge in [0.25, 0.3) is 0 Å². The van der Waals surface area contributed by atoms with E-state index in [0.717, 1.165) is 17.9 Å². The first-order valence-corrected chi connectivity index (χ1v) is 5.76. The summed E-state index contributed by atoms with van der Waals surface area (Å²) in [6.45, 7) is 0. The van der Waals surface area contributed by atoms with Crippen molar-refractivity contribution in [3.05, 3.63) is 48.0 Å². The van der Waals surface area contributed by atoms with Gasteiger partial charge in [0.1, 0.15) is 0 Å². The molecule has 4 atom stereocenters. The summed E-state index contributed by atoms with van der Waals surface area (Å²) < 4.78 is 0. The second-order valence-electron chi connectivity index (χ2n) is 4.80. The molecule has 1 aromatic rings. The second kappa shape index (κ2) is 3.49. The SMILES string of the molecule is OC(c1ccccc1)C1CC2C=CC1C2. The number of fused-ring (bicyclic) bond motifs is 2. The van der Waals surface area contributed by atoms with E-state index in [1.54, 1.807) is 0 Å². The number of hydrogen-bond acceptors (Lipinski definition) is 1. The molecule has 0 amide bonds. The lowest BCUT2D eigenvalue weighted by Crippen LogP contribution is -2.16. The van der Waals surface area contributed by atoms with Gasteiger partial charge in [-0.3, -0.25) is 0 Å². The lowest BCUT2D eigenvalue weighted by Gasteiger charge is -2.24. The molecule has 2 bridgehead atoms. The molecule has 2 aliphatic carbocycles. The molecule has 78 valence electrons. The van der Waals surface area contributed by atoms with Crippen LogP contribution in [0, 0.1) is 17.8 Å². The van der Waals surface area contributed by atoms with Crippen molar-refractivity contribution in [2.45, 2.75) is 18.9 Å². The minimum absolute atomic E-state index is 0.272. The lowest BCUT2D eigenvalue weighted by atomic mass is 9.85. The molecule has 1 fully saturated rings. The number of benzene rings is 1. The van der Waals surface area contributed by atoms with Gasteiger partial charge in [0.15, 0.2) is 0 Å². The van der Waals surface area contributed by atoms with Crippen LogP contribution in [0.4, 0.5) is 0 Å². The van der Waals surface area contributed by atoms with Crippen LogP contribution in [0.3, 0.4) is 0 Å². The Morgan fingerprint density at radius 2 is 1.87 bits per heavy atom. The minimum atomic E-state index is -0.272. The highest BCUT2D eigenvalue weighted by atomic mass is 16.3. The maximum absolute atomic E-state index is 10.3. The van der Waals surface area contributed by atoms with Crippen molar-refractivity contribution in [2.75, 3.05) is 0 Å². The molecule has 15 heavy (non-hydrogen) atoms. The van der Waals surface area contributed by atoms with Gasteiger partial charge >= 0.3 is 0 Å². The zero-order valence-electron chi connectivity index (χ0n) is 8.71. The molecule has 1 N–H and O–H groups in total. The van der Waals surface area contributed by atoms with E-state index < -0.39 is 0 Å². The molecule has 1 heteroatoms. The highest BCUT2D eigenvalue weighted by molar-refractivity contribution is 5.21. The monoisotopic (exact) mass is 200 g/mol. The number of hydrogen-bond donors (Lipinski definition) is 1. The predicted molar refractivity (Wildman–Crippen MR) is 60.2 cm³/mol. The number of aliphatic hydroxyl groups is 1. The fourth-order valence-electron chi connectivity index (χ4n) is 3.08. The van der Waals surface area contributed by atoms with Gasteiger partial charge in [-0.2, -0.15) is 0 Å². The van der Waals surface area contributed by atoms with E-state index in [4.69, 9.17) is 0 Å². The lowest BCUT2D eigenvalue weighted by molar-refractivity contribution is 0.0936. The normalized spacial score (nSPS) is 34.6. The highest BCUT2D eigenvalue weighted by Gasteiger charge is 2.39. The first kappa shape index (κ1) is 9.17.